The van der Waals surface area contributed by atoms with Crippen LogP contribution in [0.3, 0.4) is 0 Å². The number of hydrogen-bond donors (Lipinski definition) is 2. The molecule has 7 heteroatoms. The molecule has 1 aromatic carbocycles. The highest BCUT2D eigenvalue weighted by atomic mass is 32.2. The monoisotopic (exact) mass is 314 g/mol. The zero-order valence-electron chi connectivity index (χ0n) is 12.9. The van der Waals surface area contributed by atoms with Gasteiger partial charge in [-0.15, -0.1) is 0 Å². The first-order chi connectivity index (χ1) is 9.67. The summed E-state index contributed by atoms with van der Waals surface area (Å²) >= 11 is 0. The van der Waals surface area contributed by atoms with E-state index in [0.717, 1.165) is 0 Å². The summed E-state index contributed by atoms with van der Waals surface area (Å²) in [5.74, 6) is 0.223. The Morgan fingerprint density at radius 1 is 1.24 bits per heavy atom. The molecular weight excluding hydrogens is 292 g/mol. The third kappa shape index (κ3) is 4.71. The molecule has 0 radical (unpaired) electrons. The van der Waals surface area contributed by atoms with E-state index in [1.165, 1.54) is 32.2 Å². The summed E-state index contributed by atoms with van der Waals surface area (Å²) in [4.78, 5) is 11.2. The lowest BCUT2D eigenvalue weighted by molar-refractivity contribution is -0.114. The summed E-state index contributed by atoms with van der Waals surface area (Å²) in [7, 11) is -2.21. The third-order valence-electron chi connectivity index (χ3n) is 3.14. The number of benzene rings is 1. The largest absolute Gasteiger partial charge is 0.495 e. The highest BCUT2D eigenvalue weighted by molar-refractivity contribution is 7.89. The van der Waals surface area contributed by atoms with Gasteiger partial charge in [-0.25, -0.2) is 13.1 Å². The zero-order chi connectivity index (χ0) is 16.2. The van der Waals surface area contributed by atoms with Gasteiger partial charge < -0.3 is 10.1 Å². The maximum absolute atomic E-state index is 12.3. The molecule has 0 aliphatic heterocycles. The van der Waals surface area contributed by atoms with E-state index in [4.69, 9.17) is 4.74 Å². The first-order valence-corrected chi connectivity index (χ1v) is 8.13. The van der Waals surface area contributed by atoms with Gasteiger partial charge in [0, 0.05) is 19.0 Å². The van der Waals surface area contributed by atoms with Gasteiger partial charge in [0.05, 0.1) is 17.7 Å². The maximum atomic E-state index is 12.3. The van der Waals surface area contributed by atoms with Crippen LogP contribution in [0.1, 0.15) is 27.7 Å². The van der Waals surface area contributed by atoms with E-state index in [1.54, 1.807) is 0 Å². The first-order valence-electron chi connectivity index (χ1n) is 6.65. The van der Waals surface area contributed by atoms with E-state index in [0.29, 0.717) is 11.4 Å². The van der Waals surface area contributed by atoms with Crippen molar-refractivity contribution in [1.82, 2.24) is 4.72 Å². The van der Waals surface area contributed by atoms with Crippen molar-refractivity contribution in [3.8, 4) is 5.75 Å². The van der Waals surface area contributed by atoms with Crippen LogP contribution in [-0.4, -0.2) is 27.5 Å². The number of amides is 1. The second-order valence-electron chi connectivity index (χ2n) is 5.20. The van der Waals surface area contributed by atoms with Crippen molar-refractivity contribution in [3.05, 3.63) is 18.2 Å². The second-order valence-corrected chi connectivity index (χ2v) is 6.91. The molecule has 0 aromatic heterocycles. The van der Waals surface area contributed by atoms with Crippen molar-refractivity contribution in [2.75, 3.05) is 12.4 Å². The third-order valence-corrected chi connectivity index (χ3v) is 4.69. The van der Waals surface area contributed by atoms with Crippen molar-refractivity contribution in [3.63, 3.8) is 0 Å². The molecule has 0 aliphatic carbocycles. The Hall–Kier alpha value is -1.60. The standard InChI is InChI=1S/C14H22N2O4S/c1-9(2)10(3)16-21(18,19)12-6-7-13(15-11(4)17)14(8-12)20-5/h6-10,16H,1-5H3,(H,15,17)/t10-/m0/s1. The Bertz CT molecular complexity index is 611. The van der Waals surface area contributed by atoms with Crippen molar-refractivity contribution >= 4 is 21.6 Å². The van der Waals surface area contributed by atoms with Gasteiger partial charge in [-0.05, 0) is 25.0 Å². The Kier molecular flexibility index (Phi) is 5.74. The summed E-state index contributed by atoms with van der Waals surface area (Å²) in [5.41, 5.74) is 0.431. The predicted molar refractivity (Wildman–Crippen MR) is 81.9 cm³/mol. The molecule has 1 atom stereocenters. The van der Waals surface area contributed by atoms with E-state index in [1.807, 2.05) is 20.8 Å². The van der Waals surface area contributed by atoms with Gasteiger partial charge in [-0.2, -0.15) is 0 Å². The lowest BCUT2D eigenvalue weighted by Crippen LogP contribution is -2.36. The van der Waals surface area contributed by atoms with Gasteiger partial charge in [0.2, 0.25) is 15.9 Å². The highest BCUT2D eigenvalue weighted by Crippen LogP contribution is 2.27. The molecule has 1 amide bonds. The van der Waals surface area contributed by atoms with Crippen LogP contribution in [0.4, 0.5) is 5.69 Å². The molecule has 0 aliphatic rings. The molecule has 0 spiro atoms. The Balaban J connectivity index is 3.11. The van der Waals surface area contributed by atoms with E-state index < -0.39 is 10.0 Å². The molecule has 1 aromatic rings. The number of sulfonamides is 1. The van der Waals surface area contributed by atoms with Gasteiger partial charge in [0.15, 0.2) is 0 Å². The van der Waals surface area contributed by atoms with Gasteiger partial charge in [-0.3, -0.25) is 4.79 Å². The van der Waals surface area contributed by atoms with Gasteiger partial charge in [0.25, 0.3) is 0 Å². The molecular formula is C14H22N2O4S. The molecule has 0 fully saturated rings. The minimum Gasteiger partial charge on any atom is -0.495 e. The van der Waals surface area contributed by atoms with Crippen LogP contribution >= 0.6 is 0 Å². The normalized spacial score (nSPS) is 13.0. The molecule has 0 bridgehead atoms. The van der Waals surface area contributed by atoms with Gasteiger partial charge in [0.1, 0.15) is 5.75 Å². The van der Waals surface area contributed by atoms with Crippen molar-refractivity contribution < 1.29 is 17.9 Å². The number of hydrogen-bond acceptors (Lipinski definition) is 4. The van der Waals surface area contributed by atoms with E-state index in [-0.39, 0.29) is 22.8 Å². The molecule has 0 heterocycles. The number of ether oxygens (including phenoxy) is 1. The second kappa shape index (κ2) is 6.91. The SMILES string of the molecule is COc1cc(S(=O)(=O)N[C@@H](C)C(C)C)ccc1NC(C)=O. The van der Waals surface area contributed by atoms with Crippen LogP contribution in [0.15, 0.2) is 23.1 Å². The Morgan fingerprint density at radius 3 is 2.33 bits per heavy atom. The lowest BCUT2D eigenvalue weighted by atomic mass is 10.1. The summed E-state index contributed by atoms with van der Waals surface area (Å²) in [6, 6.07) is 4.15. The fourth-order valence-corrected chi connectivity index (χ4v) is 2.99. The van der Waals surface area contributed by atoms with Crippen LogP contribution in [0.2, 0.25) is 0 Å². The Labute approximate surface area is 125 Å². The molecule has 6 nitrogen and oxygen atoms in total. The highest BCUT2D eigenvalue weighted by Gasteiger charge is 2.20. The fourth-order valence-electron chi connectivity index (χ4n) is 1.58. The molecule has 0 saturated carbocycles. The molecule has 0 unspecified atom stereocenters. The molecule has 21 heavy (non-hydrogen) atoms. The summed E-state index contributed by atoms with van der Waals surface area (Å²) in [6.45, 7) is 7.06. The quantitative estimate of drug-likeness (QED) is 0.841. The summed E-state index contributed by atoms with van der Waals surface area (Å²) in [6.07, 6.45) is 0. The van der Waals surface area contributed by atoms with E-state index in [9.17, 15) is 13.2 Å². The van der Waals surface area contributed by atoms with E-state index >= 15 is 0 Å². The van der Waals surface area contributed by atoms with Crippen molar-refractivity contribution in [1.29, 1.82) is 0 Å². The van der Waals surface area contributed by atoms with E-state index in [2.05, 4.69) is 10.0 Å². The van der Waals surface area contributed by atoms with Crippen molar-refractivity contribution in [2.24, 2.45) is 5.92 Å². The molecule has 118 valence electrons. The average molecular weight is 314 g/mol. The molecule has 1 rings (SSSR count). The van der Waals surface area contributed by atoms with Crippen molar-refractivity contribution in [2.45, 2.75) is 38.6 Å². The predicted octanol–water partition coefficient (Wildman–Crippen LogP) is 1.98. The fraction of sp³-hybridized carbons (Fsp3) is 0.500. The average Bonchev–Trinajstić information content (AvgIpc) is 2.37. The van der Waals surface area contributed by atoms with Crippen LogP contribution in [0.5, 0.6) is 5.75 Å². The lowest BCUT2D eigenvalue weighted by Gasteiger charge is -2.18. The van der Waals surface area contributed by atoms with Crippen LogP contribution in [-0.2, 0) is 14.8 Å². The number of carbonyl (C=O) groups is 1. The van der Waals surface area contributed by atoms with Gasteiger partial charge >= 0.3 is 0 Å². The molecule has 2 N–H and O–H groups in total. The van der Waals surface area contributed by atoms with Crippen LogP contribution < -0.4 is 14.8 Å². The van der Waals surface area contributed by atoms with Crippen LogP contribution in [0.25, 0.3) is 0 Å². The molecule has 0 saturated heterocycles. The minimum atomic E-state index is -3.63. The maximum Gasteiger partial charge on any atom is 0.240 e. The first kappa shape index (κ1) is 17.5. The number of methoxy groups -OCH3 is 1. The summed E-state index contributed by atoms with van der Waals surface area (Å²) in [5, 5.41) is 2.58. The van der Waals surface area contributed by atoms with Crippen LogP contribution in [0, 0.1) is 5.92 Å². The smallest absolute Gasteiger partial charge is 0.240 e. The number of anilines is 1. The Morgan fingerprint density at radius 2 is 1.86 bits per heavy atom. The minimum absolute atomic E-state index is 0.0981. The zero-order valence-corrected chi connectivity index (χ0v) is 13.7. The summed E-state index contributed by atoms with van der Waals surface area (Å²) < 4.78 is 32.3. The van der Waals surface area contributed by atoms with Gasteiger partial charge in [-0.1, -0.05) is 13.8 Å². The number of carbonyl (C=O) groups excluding carboxylic acids is 1. The topological polar surface area (TPSA) is 84.5 Å². The number of nitrogens with one attached hydrogen (secondary N) is 2. The number of rotatable bonds is 6.